The van der Waals surface area contributed by atoms with E-state index in [4.69, 9.17) is 14.2 Å². The van der Waals surface area contributed by atoms with E-state index in [0.29, 0.717) is 32.5 Å². The average Bonchev–Trinajstić information content (AvgIpc) is 3.02. The summed E-state index contributed by atoms with van der Waals surface area (Å²) in [6, 6.07) is 5.19. The lowest BCUT2D eigenvalue weighted by atomic mass is 10.1. The Morgan fingerprint density at radius 1 is 1.10 bits per heavy atom. The van der Waals surface area contributed by atoms with Crippen LogP contribution < -0.4 is 14.8 Å². The van der Waals surface area contributed by atoms with Crippen LogP contribution >= 0.6 is 11.3 Å². The molecular weight excluding hydrogens is 408 g/mol. The molecule has 1 heterocycles. The number of esters is 1. The summed E-state index contributed by atoms with van der Waals surface area (Å²) >= 11 is 1.06. The Hall–Kier alpha value is -3.07. The van der Waals surface area contributed by atoms with Crippen LogP contribution in [0.15, 0.2) is 18.2 Å². The molecule has 1 N–H and O–H groups in total. The summed E-state index contributed by atoms with van der Waals surface area (Å²) < 4.78 is 15.6. The number of nitrogens with one attached hydrogen (secondary N) is 1. The second kappa shape index (κ2) is 10.1. The maximum atomic E-state index is 12.7. The summed E-state index contributed by atoms with van der Waals surface area (Å²) in [6.45, 7) is 3.55. The van der Waals surface area contributed by atoms with Gasteiger partial charge in [0.15, 0.2) is 11.5 Å². The molecule has 0 saturated heterocycles. The topological polar surface area (TPSA) is 94.2 Å². The van der Waals surface area contributed by atoms with Gasteiger partial charge in [-0.1, -0.05) is 6.07 Å². The molecule has 0 fully saturated rings. The molecule has 0 aliphatic carbocycles. The van der Waals surface area contributed by atoms with Crippen molar-refractivity contribution in [3.8, 4) is 11.5 Å². The Morgan fingerprint density at radius 2 is 1.77 bits per heavy atom. The second-order valence-electron chi connectivity index (χ2n) is 6.59. The van der Waals surface area contributed by atoms with Crippen LogP contribution in [-0.2, 0) is 16.0 Å². The minimum Gasteiger partial charge on any atom is -0.493 e. The van der Waals surface area contributed by atoms with Crippen molar-refractivity contribution in [1.82, 2.24) is 4.90 Å². The molecule has 0 aliphatic heterocycles. The van der Waals surface area contributed by atoms with E-state index in [1.165, 1.54) is 19.1 Å². The smallest absolute Gasteiger partial charge is 0.341 e. The van der Waals surface area contributed by atoms with E-state index < -0.39 is 5.97 Å². The number of anilines is 1. The van der Waals surface area contributed by atoms with Gasteiger partial charge >= 0.3 is 5.97 Å². The Morgan fingerprint density at radius 3 is 2.33 bits per heavy atom. The van der Waals surface area contributed by atoms with E-state index in [1.807, 2.05) is 0 Å². The maximum absolute atomic E-state index is 12.7. The lowest BCUT2D eigenvalue weighted by Gasteiger charge is -2.10. The molecule has 1 aromatic carbocycles. The molecular formula is C21H26N2O6S. The molecule has 162 valence electrons. The molecule has 0 bridgehead atoms. The van der Waals surface area contributed by atoms with Crippen LogP contribution in [0.1, 0.15) is 38.1 Å². The van der Waals surface area contributed by atoms with E-state index in [9.17, 15) is 14.4 Å². The average molecular weight is 435 g/mol. The maximum Gasteiger partial charge on any atom is 0.341 e. The Labute approximate surface area is 179 Å². The number of methoxy groups -OCH3 is 2. The number of benzene rings is 1. The summed E-state index contributed by atoms with van der Waals surface area (Å²) in [4.78, 5) is 39.4. The van der Waals surface area contributed by atoms with Gasteiger partial charge in [0.2, 0.25) is 5.91 Å². The van der Waals surface area contributed by atoms with E-state index >= 15 is 0 Å². The number of thiophene rings is 1. The first-order valence-electron chi connectivity index (χ1n) is 9.26. The van der Waals surface area contributed by atoms with Gasteiger partial charge < -0.3 is 24.4 Å². The number of hydrogen-bond donors (Lipinski definition) is 1. The molecule has 2 rings (SSSR count). The Kier molecular flexibility index (Phi) is 7.82. The zero-order valence-electron chi connectivity index (χ0n) is 18.0. The first kappa shape index (κ1) is 23.2. The van der Waals surface area contributed by atoms with Gasteiger partial charge in [0.1, 0.15) is 5.00 Å². The first-order chi connectivity index (χ1) is 14.2. The molecule has 0 spiro atoms. The van der Waals surface area contributed by atoms with Crippen LogP contribution in [0.5, 0.6) is 11.5 Å². The normalized spacial score (nSPS) is 10.3. The first-order valence-corrected chi connectivity index (χ1v) is 10.1. The molecule has 9 heteroatoms. The number of nitrogens with zero attached hydrogens (tertiary/aromatic N) is 1. The van der Waals surface area contributed by atoms with E-state index in [0.717, 1.165) is 11.3 Å². The lowest BCUT2D eigenvalue weighted by molar-refractivity contribution is -0.115. The highest BCUT2D eigenvalue weighted by Crippen LogP contribution is 2.35. The molecule has 2 aromatic rings. The zero-order valence-corrected chi connectivity index (χ0v) is 18.8. The SMILES string of the molecule is CCOC(=O)c1c(NC(=O)Cc2ccc(OC)c(OC)c2)sc(C(=O)N(C)C)c1C. The summed E-state index contributed by atoms with van der Waals surface area (Å²) in [5.41, 5.74) is 1.40. The monoisotopic (exact) mass is 434 g/mol. The Balaban J connectivity index is 2.32. The molecule has 0 radical (unpaired) electrons. The van der Waals surface area contributed by atoms with Crippen molar-refractivity contribution in [2.24, 2.45) is 0 Å². The molecule has 0 atom stereocenters. The number of rotatable bonds is 8. The van der Waals surface area contributed by atoms with Crippen molar-refractivity contribution in [3.63, 3.8) is 0 Å². The minimum atomic E-state index is -0.578. The summed E-state index contributed by atoms with van der Waals surface area (Å²) in [5.74, 6) is -0.0837. The number of hydrogen-bond acceptors (Lipinski definition) is 7. The van der Waals surface area contributed by atoms with E-state index in [1.54, 1.807) is 46.1 Å². The van der Waals surface area contributed by atoms with Crippen molar-refractivity contribution in [1.29, 1.82) is 0 Å². The fraction of sp³-hybridized carbons (Fsp3) is 0.381. The molecule has 0 saturated carbocycles. The molecule has 0 aliphatic rings. The van der Waals surface area contributed by atoms with Crippen molar-refractivity contribution in [3.05, 3.63) is 39.8 Å². The molecule has 1 aromatic heterocycles. The van der Waals surface area contributed by atoms with Gasteiger partial charge in [-0.2, -0.15) is 0 Å². The van der Waals surface area contributed by atoms with Gasteiger partial charge in [0.25, 0.3) is 5.91 Å². The lowest BCUT2D eigenvalue weighted by Crippen LogP contribution is -2.21. The number of carbonyl (C=O) groups excluding carboxylic acids is 3. The van der Waals surface area contributed by atoms with Crippen LogP contribution in [0.2, 0.25) is 0 Å². The number of ether oxygens (including phenoxy) is 3. The largest absolute Gasteiger partial charge is 0.493 e. The molecule has 30 heavy (non-hydrogen) atoms. The van der Waals surface area contributed by atoms with Gasteiger partial charge in [0, 0.05) is 14.1 Å². The molecule has 8 nitrogen and oxygen atoms in total. The van der Waals surface area contributed by atoms with E-state index in [-0.39, 0.29) is 30.4 Å². The van der Waals surface area contributed by atoms with Crippen molar-refractivity contribution in [2.45, 2.75) is 20.3 Å². The van der Waals surface area contributed by atoms with Crippen LogP contribution in [0, 0.1) is 6.92 Å². The minimum absolute atomic E-state index is 0.0521. The summed E-state index contributed by atoms with van der Waals surface area (Å²) in [6.07, 6.45) is 0.0521. The molecule has 2 amide bonds. The van der Waals surface area contributed by atoms with Crippen LogP contribution in [-0.4, -0.2) is 57.6 Å². The summed E-state index contributed by atoms with van der Waals surface area (Å²) in [7, 11) is 6.31. The quantitative estimate of drug-likeness (QED) is 0.642. The van der Waals surface area contributed by atoms with Gasteiger partial charge in [-0.3, -0.25) is 9.59 Å². The zero-order chi connectivity index (χ0) is 22.4. The fourth-order valence-corrected chi connectivity index (χ4v) is 4.04. The van der Waals surface area contributed by atoms with Crippen LogP contribution in [0.4, 0.5) is 5.00 Å². The predicted molar refractivity (Wildman–Crippen MR) is 115 cm³/mol. The van der Waals surface area contributed by atoms with E-state index in [2.05, 4.69) is 5.32 Å². The second-order valence-corrected chi connectivity index (χ2v) is 7.62. The molecule has 0 unspecified atom stereocenters. The van der Waals surface area contributed by atoms with Gasteiger partial charge in [-0.05, 0) is 37.1 Å². The van der Waals surface area contributed by atoms with Gasteiger partial charge in [-0.15, -0.1) is 11.3 Å². The van der Waals surface area contributed by atoms with Crippen molar-refractivity contribution >= 4 is 34.1 Å². The third kappa shape index (κ3) is 5.10. The predicted octanol–water partition coefficient (Wildman–Crippen LogP) is 3.13. The van der Waals surface area contributed by atoms with Gasteiger partial charge in [0.05, 0.1) is 37.7 Å². The third-order valence-electron chi connectivity index (χ3n) is 4.29. The van der Waals surface area contributed by atoms with Crippen LogP contribution in [0.25, 0.3) is 0 Å². The highest BCUT2D eigenvalue weighted by molar-refractivity contribution is 7.18. The number of carbonyl (C=O) groups is 3. The fourth-order valence-electron chi connectivity index (χ4n) is 2.80. The Bertz CT molecular complexity index is 951. The van der Waals surface area contributed by atoms with Crippen molar-refractivity contribution in [2.75, 3.05) is 40.2 Å². The standard InChI is InChI=1S/C21H26N2O6S/c1-7-29-21(26)17-12(2)18(20(25)23(3)4)30-19(17)22-16(24)11-13-8-9-14(27-5)15(10-13)28-6/h8-10H,7,11H2,1-6H3,(H,22,24). The highest BCUT2D eigenvalue weighted by Gasteiger charge is 2.27. The third-order valence-corrected chi connectivity index (χ3v) is 5.49. The van der Waals surface area contributed by atoms with Crippen LogP contribution in [0.3, 0.4) is 0 Å². The van der Waals surface area contributed by atoms with Gasteiger partial charge in [-0.25, -0.2) is 4.79 Å². The van der Waals surface area contributed by atoms with Crippen molar-refractivity contribution < 1.29 is 28.6 Å². The number of amides is 2. The summed E-state index contributed by atoms with van der Waals surface area (Å²) in [5, 5.41) is 3.05. The highest BCUT2D eigenvalue weighted by atomic mass is 32.1.